The van der Waals surface area contributed by atoms with Crippen LogP contribution >= 0.6 is 0 Å². The van der Waals surface area contributed by atoms with Gasteiger partial charge in [0.15, 0.2) is 0 Å². The molecule has 0 aromatic heterocycles. The van der Waals surface area contributed by atoms with E-state index >= 15 is 0 Å². The maximum absolute atomic E-state index is 12.2. The molecule has 1 unspecified atom stereocenters. The molecule has 1 fully saturated rings. The van der Waals surface area contributed by atoms with Crippen molar-refractivity contribution in [3.8, 4) is 0 Å². The van der Waals surface area contributed by atoms with Crippen LogP contribution in [0.3, 0.4) is 0 Å². The largest absolute Gasteiger partial charge is 0.461 e. The smallest absolute Gasteiger partial charge is 0.309 e. The number of ether oxygens (including phenoxy) is 2. The van der Waals surface area contributed by atoms with Gasteiger partial charge in [-0.2, -0.15) is 0 Å². The molecule has 4 atom stereocenters. The summed E-state index contributed by atoms with van der Waals surface area (Å²) in [5, 5.41) is 0. The van der Waals surface area contributed by atoms with Crippen LogP contribution in [0.5, 0.6) is 0 Å². The van der Waals surface area contributed by atoms with Gasteiger partial charge in [-0.25, -0.2) is 0 Å². The Kier molecular flexibility index (Phi) is 3.90. The molecule has 2 aliphatic rings. The summed E-state index contributed by atoms with van der Waals surface area (Å²) in [7, 11) is 6.01. The third-order valence-corrected chi connectivity index (χ3v) is 4.67. The first-order chi connectivity index (χ1) is 10.1. The number of rotatable bonds is 4. The third-order valence-electron chi connectivity index (χ3n) is 4.67. The molecule has 108 valence electrons. The molecule has 3 rings (SSSR count). The Hall–Kier alpha value is -1.55. The number of carbonyl (C=O) groups excluding carboxylic acids is 1. The topological polar surface area (TPSA) is 35.5 Å². The number of fused-ring (bicyclic) bond motifs is 2. The van der Waals surface area contributed by atoms with Gasteiger partial charge < -0.3 is 9.47 Å². The predicted molar refractivity (Wildman–Crippen MR) is 80.6 cm³/mol. The van der Waals surface area contributed by atoms with Crippen LogP contribution in [0.2, 0.25) is 0 Å². The lowest BCUT2D eigenvalue weighted by Gasteiger charge is -2.34. The highest BCUT2D eigenvalue weighted by Gasteiger charge is 2.52. The van der Waals surface area contributed by atoms with E-state index in [4.69, 9.17) is 17.3 Å². The minimum Gasteiger partial charge on any atom is -0.461 e. The van der Waals surface area contributed by atoms with Crippen LogP contribution in [0.15, 0.2) is 42.5 Å². The zero-order valence-electron chi connectivity index (χ0n) is 12.2. The summed E-state index contributed by atoms with van der Waals surface area (Å²) in [6.45, 7) is 2.40. The van der Waals surface area contributed by atoms with E-state index in [1.54, 1.807) is 0 Å². The van der Waals surface area contributed by atoms with Gasteiger partial charge in [0, 0.05) is 6.00 Å². The van der Waals surface area contributed by atoms with Crippen molar-refractivity contribution in [2.45, 2.75) is 38.0 Å². The Balaban J connectivity index is 1.61. The van der Waals surface area contributed by atoms with E-state index in [-0.39, 0.29) is 30.2 Å². The van der Waals surface area contributed by atoms with E-state index < -0.39 is 5.60 Å². The summed E-state index contributed by atoms with van der Waals surface area (Å²) in [6.07, 6.45) is 5.16. The Morgan fingerprint density at radius 1 is 1.43 bits per heavy atom. The van der Waals surface area contributed by atoms with Crippen molar-refractivity contribution in [3.63, 3.8) is 0 Å². The first kappa shape index (κ1) is 14.4. The van der Waals surface area contributed by atoms with Crippen molar-refractivity contribution < 1.29 is 14.3 Å². The summed E-state index contributed by atoms with van der Waals surface area (Å²) in [6, 6.07) is 9.36. The molecule has 21 heavy (non-hydrogen) atoms. The zero-order chi connectivity index (χ0) is 14.9. The number of carbonyl (C=O) groups is 1. The van der Waals surface area contributed by atoms with Crippen LogP contribution in [-0.2, 0) is 20.9 Å². The molecule has 0 N–H and O–H groups in total. The van der Waals surface area contributed by atoms with Crippen LogP contribution in [-0.4, -0.2) is 25.4 Å². The fraction of sp³-hybridized carbons (Fsp3) is 0.471. The van der Waals surface area contributed by atoms with Crippen molar-refractivity contribution in [2.24, 2.45) is 11.8 Å². The molecule has 1 aromatic carbocycles. The van der Waals surface area contributed by atoms with Crippen molar-refractivity contribution >= 4 is 13.8 Å². The molecular formula is C17H19BO3. The molecule has 0 saturated carbocycles. The van der Waals surface area contributed by atoms with Crippen LogP contribution in [0.1, 0.15) is 25.3 Å². The Morgan fingerprint density at radius 3 is 2.95 bits per heavy atom. The Morgan fingerprint density at radius 2 is 2.19 bits per heavy atom. The van der Waals surface area contributed by atoms with Gasteiger partial charge in [-0.1, -0.05) is 49.4 Å². The standard InChI is InChI=1S/C17H19BO3/c1-12-14-8-5-9-17(12,21-16(14)18)10-15(19)20-11-13-6-3-2-4-7-13/h2-8,12,14,16H,9-11H2,1H3/t12?,14-,16+,17+/m0/s1. The SMILES string of the molecule is [B][C@@H]1O[C@@]2(CC(=O)OCc3ccccc3)CC=C[C@H]1C2C. The van der Waals surface area contributed by atoms with Gasteiger partial charge in [0.2, 0.25) is 0 Å². The maximum atomic E-state index is 12.2. The molecule has 0 amide bonds. The fourth-order valence-electron chi connectivity index (χ4n) is 3.34. The summed E-state index contributed by atoms with van der Waals surface area (Å²) in [4.78, 5) is 12.2. The van der Waals surface area contributed by atoms with Crippen molar-refractivity contribution in [3.05, 3.63) is 48.0 Å². The lowest BCUT2D eigenvalue weighted by Crippen LogP contribution is -2.39. The predicted octanol–water partition coefficient (Wildman–Crippen LogP) is 2.60. The number of esters is 1. The summed E-state index contributed by atoms with van der Waals surface area (Å²) >= 11 is 0. The molecule has 3 nitrogen and oxygen atoms in total. The molecule has 1 heterocycles. The molecule has 1 aliphatic heterocycles. The lowest BCUT2D eigenvalue weighted by atomic mass is 9.71. The summed E-state index contributed by atoms with van der Waals surface area (Å²) in [5.74, 6) is 0.205. The van der Waals surface area contributed by atoms with Crippen molar-refractivity contribution in [1.82, 2.24) is 0 Å². The monoisotopic (exact) mass is 282 g/mol. The molecule has 1 saturated heterocycles. The first-order valence-corrected chi connectivity index (χ1v) is 7.40. The number of hydrogen-bond acceptors (Lipinski definition) is 3. The highest BCUT2D eigenvalue weighted by Crippen LogP contribution is 2.48. The van der Waals surface area contributed by atoms with E-state index in [2.05, 4.69) is 19.1 Å². The lowest BCUT2D eigenvalue weighted by molar-refractivity contribution is -0.153. The van der Waals surface area contributed by atoms with Gasteiger partial charge in [-0.15, -0.1) is 0 Å². The fourth-order valence-corrected chi connectivity index (χ4v) is 3.34. The molecule has 1 aliphatic carbocycles. The highest BCUT2D eigenvalue weighted by molar-refractivity contribution is 6.11. The van der Waals surface area contributed by atoms with Crippen LogP contribution in [0.4, 0.5) is 0 Å². The molecular weight excluding hydrogens is 263 g/mol. The van der Waals surface area contributed by atoms with Gasteiger partial charge in [-0.3, -0.25) is 4.79 Å². The Bertz CT molecular complexity index is 542. The van der Waals surface area contributed by atoms with Crippen LogP contribution in [0.25, 0.3) is 0 Å². The molecule has 4 heteroatoms. The zero-order valence-corrected chi connectivity index (χ0v) is 12.2. The average Bonchev–Trinajstić information content (AvgIpc) is 2.62. The van der Waals surface area contributed by atoms with Crippen LogP contribution in [0, 0.1) is 11.8 Å². The second-order valence-corrected chi connectivity index (χ2v) is 5.97. The van der Waals surface area contributed by atoms with Gasteiger partial charge in [0.25, 0.3) is 0 Å². The molecule has 0 spiro atoms. The quantitative estimate of drug-likeness (QED) is 0.484. The molecule has 2 radical (unpaired) electrons. The van der Waals surface area contributed by atoms with Gasteiger partial charge in [-0.05, 0) is 23.8 Å². The molecule has 1 aromatic rings. The maximum Gasteiger partial charge on any atom is 0.309 e. The first-order valence-electron chi connectivity index (χ1n) is 7.40. The van der Waals surface area contributed by atoms with Gasteiger partial charge in [0.05, 0.1) is 12.0 Å². The van der Waals surface area contributed by atoms with Gasteiger partial charge >= 0.3 is 5.97 Å². The summed E-state index contributed by atoms with van der Waals surface area (Å²) < 4.78 is 11.3. The molecule has 2 bridgehead atoms. The average molecular weight is 282 g/mol. The minimum atomic E-state index is -0.493. The minimum absolute atomic E-state index is 0.195. The normalized spacial score (nSPS) is 33.9. The van der Waals surface area contributed by atoms with E-state index in [1.807, 2.05) is 30.3 Å². The Labute approximate surface area is 126 Å². The van der Waals surface area contributed by atoms with Crippen molar-refractivity contribution in [2.75, 3.05) is 0 Å². The third kappa shape index (κ3) is 2.77. The second kappa shape index (κ2) is 5.68. The van der Waals surface area contributed by atoms with Crippen LogP contribution < -0.4 is 0 Å². The number of hydrogen-bond donors (Lipinski definition) is 0. The van der Waals surface area contributed by atoms with E-state index in [0.717, 1.165) is 12.0 Å². The second-order valence-electron chi connectivity index (χ2n) is 5.97. The number of benzene rings is 1. The van der Waals surface area contributed by atoms with E-state index in [0.29, 0.717) is 6.61 Å². The van der Waals surface area contributed by atoms with E-state index in [1.165, 1.54) is 0 Å². The van der Waals surface area contributed by atoms with E-state index in [9.17, 15) is 4.79 Å². The van der Waals surface area contributed by atoms with Gasteiger partial charge in [0.1, 0.15) is 14.5 Å². The van der Waals surface area contributed by atoms with Crippen molar-refractivity contribution in [1.29, 1.82) is 0 Å². The summed E-state index contributed by atoms with van der Waals surface area (Å²) in [5.41, 5.74) is 0.494. The highest BCUT2D eigenvalue weighted by atomic mass is 16.5.